The number of primary amides is 1. The number of thiol groups is 1. The number of pyridine rings is 1. The first-order valence-electron chi connectivity index (χ1n) is 11.5. The number of carbonyl (C=O) groups is 2. The third-order valence-electron chi connectivity index (χ3n) is 4.67. The Bertz CT molecular complexity index is 1080. The number of hydrogen-bond acceptors (Lipinski definition) is 6. The Labute approximate surface area is 219 Å². The van der Waals surface area contributed by atoms with Crippen LogP contribution >= 0.6 is 12.6 Å². The van der Waals surface area contributed by atoms with Crippen LogP contribution in [0.1, 0.15) is 35.3 Å². The monoisotopic (exact) mass is 506 g/mol. The van der Waals surface area contributed by atoms with Crippen molar-refractivity contribution in [2.24, 2.45) is 5.73 Å². The van der Waals surface area contributed by atoms with Crippen LogP contribution in [0.5, 0.6) is 5.75 Å². The lowest BCUT2D eigenvalue weighted by Gasteiger charge is -2.17. The van der Waals surface area contributed by atoms with Crippen LogP contribution in [0.25, 0.3) is 0 Å². The van der Waals surface area contributed by atoms with Crippen molar-refractivity contribution in [3.05, 3.63) is 95.8 Å². The van der Waals surface area contributed by atoms with Crippen LogP contribution in [0, 0.1) is 11.8 Å². The molecule has 36 heavy (non-hydrogen) atoms. The predicted octanol–water partition coefficient (Wildman–Crippen LogP) is 3.35. The van der Waals surface area contributed by atoms with Crippen molar-refractivity contribution in [2.75, 3.05) is 31.9 Å². The number of phenolic OH excluding ortho intramolecular Hbond substituents is 1. The fourth-order valence-corrected chi connectivity index (χ4v) is 2.82. The molecule has 4 N–H and O–H groups in total. The Morgan fingerprint density at radius 2 is 1.58 bits per heavy atom. The second-order valence-corrected chi connectivity index (χ2v) is 7.63. The van der Waals surface area contributed by atoms with E-state index in [0.29, 0.717) is 16.7 Å². The maximum absolute atomic E-state index is 11.0. The average molecular weight is 507 g/mol. The molecule has 3 aromatic rings. The van der Waals surface area contributed by atoms with Crippen molar-refractivity contribution >= 4 is 24.4 Å². The molecule has 0 fully saturated rings. The summed E-state index contributed by atoms with van der Waals surface area (Å²) in [5, 5.41) is 12.1. The van der Waals surface area contributed by atoms with E-state index in [4.69, 9.17) is 5.73 Å². The van der Waals surface area contributed by atoms with E-state index in [0.717, 1.165) is 26.2 Å². The van der Waals surface area contributed by atoms with Crippen molar-refractivity contribution in [1.82, 2.24) is 15.2 Å². The number of rotatable bonds is 7. The quantitative estimate of drug-likeness (QED) is 0.290. The number of carbonyl (C=O) groups excluding carboxylic acids is 2. The van der Waals surface area contributed by atoms with Crippen LogP contribution in [0.4, 0.5) is 0 Å². The number of benzene rings is 2. The van der Waals surface area contributed by atoms with Gasteiger partial charge in [-0.3, -0.25) is 14.6 Å². The standard InChI is InChI=1S/C14H10N2O2.C8H18N2OS.C6H6/c15-14(18)12-6-11(8-16-9-12)5-4-10-2-1-3-13(17)7-10;1-3-10(4-2)6-5-9-8(11)7-12;1-2-4-6-5-3-1/h1-3,6-9,17H,(H2,15,18);12H,3-7H2,1-2H3,(H,9,11);1-6H. The van der Waals surface area contributed by atoms with Gasteiger partial charge in [-0.2, -0.15) is 12.6 Å². The van der Waals surface area contributed by atoms with Crippen molar-refractivity contribution in [3.63, 3.8) is 0 Å². The molecular formula is C28H34N4O3S. The zero-order valence-corrected chi connectivity index (χ0v) is 21.6. The summed E-state index contributed by atoms with van der Waals surface area (Å²) >= 11 is 3.86. The molecule has 0 aliphatic carbocycles. The van der Waals surface area contributed by atoms with Crippen molar-refractivity contribution < 1.29 is 14.7 Å². The molecule has 0 unspecified atom stereocenters. The number of aromatic nitrogens is 1. The molecule has 8 heteroatoms. The smallest absolute Gasteiger partial charge is 0.250 e. The Balaban J connectivity index is 0.000000308. The second kappa shape index (κ2) is 18.5. The molecule has 0 aliphatic heterocycles. The van der Waals surface area contributed by atoms with Gasteiger partial charge in [-0.25, -0.2) is 0 Å². The van der Waals surface area contributed by atoms with E-state index in [9.17, 15) is 14.7 Å². The van der Waals surface area contributed by atoms with Gasteiger partial charge in [-0.1, -0.05) is 68.2 Å². The maximum atomic E-state index is 11.0. The van der Waals surface area contributed by atoms with Crippen LogP contribution in [0.2, 0.25) is 0 Å². The van der Waals surface area contributed by atoms with E-state index in [2.05, 4.69) is 53.5 Å². The maximum Gasteiger partial charge on any atom is 0.250 e. The summed E-state index contributed by atoms with van der Waals surface area (Å²) in [6, 6.07) is 20.2. The van der Waals surface area contributed by atoms with Crippen molar-refractivity contribution in [2.45, 2.75) is 13.8 Å². The third kappa shape index (κ3) is 13.8. The molecule has 2 aromatic carbocycles. The van der Waals surface area contributed by atoms with E-state index in [1.54, 1.807) is 36.5 Å². The molecule has 1 aromatic heterocycles. The number of nitrogens with two attached hydrogens (primary N) is 1. The van der Waals surface area contributed by atoms with Gasteiger partial charge in [0.15, 0.2) is 0 Å². The molecule has 0 saturated heterocycles. The number of phenols is 1. The fourth-order valence-electron chi connectivity index (χ4n) is 2.71. The molecule has 1 heterocycles. The first-order chi connectivity index (χ1) is 17.4. The highest BCUT2D eigenvalue weighted by atomic mass is 32.1. The summed E-state index contributed by atoms with van der Waals surface area (Å²) in [5.74, 6) is 5.62. The molecule has 0 saturated carbocycles. The second-order valence-electron chi connectivity index (χ2n) is 7.32. The summed E-state index contributed by atoms with van der Waals surface area (Å²) in [4.78, 5) is 27.9. The van der Waals surface area contributed by atoms with Gasteiger partial charge in [-0.05, 0) is 37.4 Å². The largest absolute Gasteiger partial charge is 0.508 e. The number of nitrogens with zero attached hydrogens (tertiary/aromatic N) is 2. The predicted molar refractivity (Wildman–Crippen MR) is 148 cm³/mol. The van der Waals surface area contributed by atoms with Crippen LogP contribution < -0.4 is 11.1 Å². The first kappa shape index (κ1) is 30.2. The molecule has 7 nitrogen and oxygen atoms in total. The van der Waals surface area contributed by atoms with E-state index < -0.39 is 5.91 Å². The molecule has 2 amide bonds. The molecule has 0 aliphatic rings. The Hall–Kier alpha value is -3.80. The number of hydrogen-bond donors (Lipinski definition) is 4. The van der Waals surface area contributed by atoms with Gasteiger partial charge in [0.25, 0.3) is 0 Å². The van der Waals surface area contributed by atoms with E-state index in [-0.39, 0.29) is 17.4 Å². The minimum absolute atomic E-state index is 0.00508. The van der Waals surface area contributed by atoms with Crippen molar-refractivity contribution in [3.8, 4) is 17.6 Å². The van der Waals surface area contributed by atoms with Gasteiger partial charge in [0, 0.05) is 36.6 Å². The van der Waals surface area contributed by atoms with Gasteiger partial charge in [0.05, 0.1) is 11.3 Å². The number of aromatic hydroxyl groups is 1. The van der Waals surface area contributed by atoms with Crippen LogP contribution in [0.3, 0.4) is 0 Å². The summed E-state index contributed by atoms with van der Waals surface area (Å²) in [6.45, 7) is 7.95. The van der Waals surface area contributed by atoms with E-state index in [1.807, 2.05) is 36.4 Å². The average Bonchev–Trinajstić information content (AvgIpc) is 2.92. The first-order valence-corrected chi connectivity index (χ1v) is 12.2. The molecule has 0 radical (unpaired) electrons. The van der Waals surface area contributed by atoms with Gasteiger partial charge in [-0.15, -0.1) is 0 Å². The Kier molecular flexibility index (Phi) is 15.6. The number of nitrogens with one attached hydrogen (secondary N) is 1. The molecule has 0 spiro atoms. The normalized spacial score (nSPS) is 9.44. The van der Waals surface area contributed by atoms with Gasteiger partial charge in [0.1, 0.15) is 5.75 Å². The molecule has 3 rings (SSSR count). The van der Waals surface area contributed by atoms with Crippen LogP contribution in [-0.2, 0) is 4.79 Å². The molecule has 0 atom stereocenters. The van der Waals surface area contributed by atoms with E-state index in [1.165, 1.54) is 6.20 Å². The summed E-state index contributed by atoms with van der Waals surface area (Å²) in [7, 11) is 0. The molecule has 190 valence electrons. The SMILES string of the molecule is CCN(CC)CCNC(=O)CS.NC(=O)c1cncc(C#Cc2cccc(O)c2)c1.c1ccccc1. The lowest BCUT2D eigenvalue weighted by Crippen LogP contribution is -2.35. The number of likely N-dealkylation sites (N-methyl/N-ethyl adjacent to an activating group) is 1. The Morgan fingerprint density at radius 3 is 2.11 bits per heavy atom. The summed E-state index contributed by atoms with van der Waals surface area (Å²) in [6.07, 6.45) is 2.93. The minimum atomic E-state index is -0.538. The zero-order valence-electron chi connectivity index (χ0n) is 20.7. The minimum Gasteiger partial charge on any atom is -0.508 e. The molecule has 0 bridgehead atoms. The molecular weight excluding hydrogens is 472 g/mol. The lowest BCUT2D eigenvalue weighted by molar-refractivity contribution is -0.118. The van der Waals surface area contributed by atoms with Gasteiger partial charge < -0.3 is 21.1 Å². The third-order valence-corrected chi connectivity index (χ3v) is 4.96. The zero-order chi connectivity index (χ0) is 26.6. The Morgan fingerprint density at radius 1 is 0.972 bits per heavy atom. The van der Waals surface area contributed by atoms with Crippen LogP contribution in [-0.4, -0.2) is 58.7 Å². The van der Waals surface area contributed by atoms with Crippen LogP contribution in [0.15, 0.2) is 79.1 Å². The lowest BCUT2D eigenvalue weighted by atomic mass is 10.1. The van der Waals surface area contributed by atoms with Gasteiger partial charge >= 0.3 is 0 Å². The van der Waals surface area contributed by atoms with Crippen molar-refractivity contribution in [1.29, 1.82) is 0 Å². The summed E-state index contributed by atoms with van der Waals surface area (Å²) < 4.78 is 0. The highest BCUT2D eigenvalue weighted by molar-refractivity contribution is 7.81. The van der Waals surface area contributed by atoms with Gasteiger partial charge in [0.2, 0.25) is 11.8 Å². The topological polar surface area (TPSA) is 109 Å². The number of amides is 2. The van der Waals surface area contributed by atoms with E-state index >= 15 is 0 Å². The highest BCUT2D eigenvalue weighted by Gasteiger charge is 2.01. The summed E-state index contributed by atoms with van der Waals surface area (Å²) in [5.41, 5.74) is 6.74. The highest BCUT2D eigenvalue weighted by Crippen LogP contribution is 2.10. The fraction of sp³-hybridized carbons (Fsp3) is 0.250.